The standard InChI is InChI=1S/C19H23ClN4O/c1-14(11-15-5-2-3-7-17(15)20)23-19(25)16-6-4-10-24(13-16)18-12-21-8-9-22-18/h2-3,5,7-9,12,14,16H,4,6,10-11,13H2,1H3,(H,23,25)/t14-,16+/m0/s1. The van der Waals surface area contributed by atoms with Crippen LogP contribution in [-0.4, -0.2) is 35.0 Å². The number of halogens is 1. The highest BCUT2D eigenvalue weighted by Crippen LogP contribution is 2.21. The van der Waals surface area contributed by atoms with Crippen LogP contribution in [0.1, 0.15) is 25.3 Å². The number of hydrogen-bond acceptors (Lipinski definition) is 4. The lowest BCUT2D eigenvalue weighted by Crippen LogP contribution is -2.46. The van der Waals surface area contributed by atoms with E-state index >= 15 is 0 Å². The Morgan fingerprint density at radius 2 is 2.24 bits per heavy atom. The first-order valence-corrected chi connectivity index (χ1v) is 9.06. The smallest absolute Gasteiger partial charge is 0.225 e. The molecule has 1 aromatic carbocycles. The van der Waals surface area contributed by atoms with Crippen LogP contribution in [0.25, 0.3) is 0 Å². The predicted molar refractivity (Wildman–Crippen MR) is 99.7 cm³/mol. The minimum Gasteiger partial charge on any atom is -0.355 e. The lowest BCUT2D eigenvalue weighted by molar-refractivity contribution is -0.125. The molecule has 0 spiro atoms. The molecule has 1 N–H and O–H groups in total. The summed E-state index contributed by atoms with van der Waals surface area (Å²) in [5.41, 5.74) is 1.06. The lowest BCUT2D eigenvalue weighted by Gasteiger charge is -2.33. The van der Waals surface area contributed by atoms with E-state index in [0.717, 1.165) is 42.2 Å². The van der Waals surface area contributed by atoms with Crippen LogP contribution in [0.3, 0.4) is 0 Å². The molecule has 6 heteroatoms. The second-order valence-electron chi connectivity index (χ2n) is 6.55. The zero-order valence-electron chi connectivity index (χ0n) is 14.4. The maximum absolute atomic E-state index is 12.7. The van der Waals surface area contributed by atoms with Gasteiger partial charge >= 0.3 is 0 Å². The molecule has 2 atom stereocenters. The van der Waals surface area contributed by atoms with Gasteiger partial charge in [-0.1, -0.05) is 29.8 Å². The summed E-state index contributed by atoms with van der Waals surface area (Å²) in [6.07, 6.45) is 7.71. The molecule has 1 aliphatic rings. The van der Waals surface area contributed by atoms with Gasteiger partial charge < -0.3 is 10.2 Å². The van der Waals surface area contributed by atoms with Crippen LogP contribution < -0.4 is 10.2 Å². The van der Waals surface area contributed by atoms with Crippen LogP contribution in [0.2, 0.25) is 5.02 Å². The number of anilines is 1. The summed E-state index contributed by atoms with van der Waals surface area (Å²) in [6.45, 7) is 3.62. The largest absolute Gasteiger partial charge is 0.355 e. The van der Waals surface area contributed by atoms with Gasteiger partial charge in [0.15, 0.2) is 0 Å². The van der Waals surface area contributed by atoms with E-state index in [4.69, 9.17) is 11.6 Å². The molecule has 1 fully saturated rings. The molecular weight excluding hydrogens is 336 g/mol. The van der Waals surface area contributed by atoms with Crippen LogP contribution in [0.4, 0.5) is 5.82 Å². The highest BCUT2D eigenvalue weighted by molar-refractivity contribution is 6.31. The third kappa shape index (κ3) is 4.69. The molecule has 132 valence electrons. The van der Waals surface area contributed by atoms with Gasteiger partial charge in [0.05, 0.1) is 12.1 Å². The van der Waals surface area contributed by atoms with E-state index in [0.29, 0.717) is 6.54 Å². The molecule has 25 heavy (non-hydrogen) atoms. The average Bonchev–Trinajstić information content (AvgIpc) is 2.64. The first kappa shape index (κ1) is 17.7. The maximum atomic E-state index is 12.7. The SMILES string of the molecule is C[C@@H](Cc1ccccc1Cl)NC(=O)[C@@H]1CCCN(c2cnccn2)C1. The number of piperidine rings is 1. The molecule has 2 aromatic rings. The van der Waals surface area contributed by atoms with Gasteiger partial charge in [-0.2, -0.15) is 0 Å². The molecule has 1 amide bonds. The van der Waals surface area contributed by atoms with Crippen molar-refractivity contribution in [3.63, 3.8) is 0 Å². The number of carbonyl (C=O) groups is 1. The molecule has 5 nitrogen and oxygen atoms in total. The molecule has 0 saturated carbocycles. The van der Waals surface area contributed by atoms with Crippen molar-refractivity contribution in [2.75, 3.05) is 18.0 Å². The Morgan fingerprint density at radius 3 is 3.00 bits per heavy atom. The highest BCUT2D eigenvalue weighted by Gasteiger charge is 2.27. The highest BCUT2D eigenvalue weighted by atomic mass is 35.5. The van der Waals surface area contributed by atoms with Gasteiger partial charge in [-0.25, -0.2) is 4.98 Å². The van der Waals surface area contributed by atoms with Crippen LogP contribution in [-0.2, 0) is 11.2 Å². The Bertz CT molecular complexity index is 710. The van der Waals surface area contributed by atoms with Crippen LogP contribution in [0, 0.1) is 5.92 Å². The van der Waals surface area contributed by atoms with E-state index in [1.165, 1.54) is 0 Å². The van der Waals surface area contributed by atoms with Crippen molar-refractivity contribution in [1.82, 2.24) is 15.3 Å². The minimum atomic E-state index is -0.0237. The molecule has 1 aromatic heterocycles. The number of nitrogens with zero attached hydrogens (tertiary/aromatic N) is 3. The van der Waals surface area contributed by atoms with Gasteiger partial charge in [0.25, 0.3) is 0 Å². The van der Waals surface area contributed by atoms with E-state index in [1.807, 2.05) is 31.2 Å². The summed E-state index contributed by atoms with van der Waals surface area (Å²) in [7, 11) is 0. The van der Waals surface area contributed by atoms with Gasteiger partial charge in [0, 0.05) is 36.5 Å². The third-order valence-electron chi connectivity index (χ3n) is 4.54. The molecule has 0 bridgehead atoms. The lowest BCUT2D eigenvalue weighted by atomic mass is 9.96. The second-order valence-corrected chi connectivity index (χ2v) is 6.96. The van der Waals surface area contributed by atoms with Gasteiger partial charge in [0.2, 0.25) is 5.91 Å². The van der Waals surface area contributed by atoms with E-state index < -0.39 is 0 Å². The van der Waals surface area contributed by atoms with E-state index in [-0.39, 0.29) is 17.9 Å². The van der Waals surface area contributed by atoms with Crippen molar-refractivity contribution in [2.24, 2.45) is 5.92 Å². The summed E-state index contributed by atoms with van der Waals surface area (Å²) in [6, 6.07) is 7.81. The van der Waals surface area contributed by atoms with E-state index in [2.05, 4.69) is 20.2 Å². The Morgan fingerprint density at radius 1 is 1.40 bits per heavy atom. The quantitative estimate of drug-likeness (QED) is 0.892. The van der Waals surface area contributed by atoms with Crippen LogP contribution >= 0.6 is 11.6 Å². The zero-order chi connectivity index (χ0) is 17.6. The van der Waals surface area contributed by atoms with Crippen molar-refractivity contribution in [1.29, 1.82) is 0 Å². The molecule has 1 aliphatic heterocycles. The van der Waals surface area contributed by atoms with Gasteiger partial charge in [-0.15, -0.1) is 0 Å². The first-order valence-electron chi connectivity index (χ1n) is 8.68. The average molecular weight is 359 g/mol. The third-order valence-corrected chi connectivity index (χ3v) is 4.91. The molecule has 2 heterocycles. The fourth-order valence-electron chi connectivity index (χ4n) is 3.26. The van der Waals surface area contributed by atoms with Gasteiger partial charge in [0.1, 0.15) is 5.82 Å². The second kappa shape index (κ2) is 8.30. The molecule has 1 saturated heterocycles. The van der Waals surface area contributed by atoms with Crippen LogP contribution in [0.5, 0.6) is 0 Å². The van der Waals surface area contributed by atoms with Crippen molar-refractivity contribution >= 4 is 23.3 Å². The molecule has 0 radical (unpaired) electrons. The zero-order valence-corrected chi connectivity index (χ0v) is 15.1. The maximum Gasteiger partial charge on any atom is 0.225 e. The fourth-order valence-corrected chi connectivity index (χ4v) is 3.47. The molecular formula is C19H23ClN4O. The number of hydrogen-bond donors (Lipinski definition) is 1. The Balaban J connectivity index is 1.56. The van der Waals surface area contributed by atoms with Gasteiger partial charge in [-0.3, -0.25) is 9.78 Å². The van der Waals surface area contributed by atoms with E-state index in [1.54, 1.807) is 18.6 Å². The number of rotatable bonds is 5. The summed E-state index contributed by atoms with van der Waals surface area (Å²) >= 11 is 6.21. The van der Waals surface area contributed by atoms with Crippen molar-refractivity contribution < 1.29 is 4.79 Å². The summed E-state index contributed by atoms with van der Waals surface area (Å²) in [5, 5.41) is 3.88. The Kier molecular flexibility index (Phi) is 5.87. The summed E-state index contributed by atoms with van der Waals surface area (Å²) in [5.74, 6) is 0.918. The number of benzene rings is 1. The topological polar surface area (TPSA) is 58.1 Å². The molecule has 0 unspecified atom stereocenters. The number of amides is 1. The first-order chi connectivity index (χ1) is 12.1. The summed E-state index contributed by atoms with van der Waals surface area (Å²) < 4.78 is 0. The number of carbonyl (C=O) groups excluding carboxylic acids is 1. The van der Waals surface area contributed by atoms with Crippen molar-refractivity contribution in [3.8, 4) is 0 Å². The fraction of sp³-hybridized carbons (Fsp3) is 0.421. The number of nitrogens with one attached hydrogen (secondary N) is 1. The minimum absolute atomic E-state index is 0.0237. The number of aromatic nitrogens is 2. The molecule has 0 aliphatic carbocycles. The Hall–Kier alpha value is -2.14. The van der Waals surface area contributed by atoms with Crippen LogP contribution in [0.15, 0.2) is 42.9 Å². The molecule has 3 rings (SSSR count). The normalized spacial score (nSPS) is 18.6. The predicted octanol–water partition coefficient (Wildman–Crippen LogP) is 3.09. The van der Waals surface area contributed by atoms with Crippen molar-refractivity contribution in [2.45, 2.75) is 32.2 Å². The Labute approximate surface area is 153 Å². The summed E-state index contributed by atoms with van der Waals surface area (Å²) in [4.78, 5) is 23.2. The van der Waals surface area contributed by atoms with E-state index in [9.17, 15) is 4.79 Å². The van der Waals surface area contributed by atoms with Crippen molar-refractivity contribution in [3.05, 3.63) is 53.4 Å². The van der Waals surface area contributed by atoms with Gasteiger partial charge in [-0.05, 0) is 37.8 Å². The monoisotopic (exact) mass is 358 g/mol.